The number of nitrogens with one attached hydrogen (secondary N) is 9. The normalized spacial score (nSPS) is 18.7. The minimum absolute atomic E-state index is 0.147. The van der Waals surface area contributed by atoms with Crippen molar-refractivity contribution in [2.45, 2.75) is 225 Å². The average molecular weight is 1210 g/mol. The summed E-state index contributed by atoms with van der Waals surface area (Å²) in [7, 11) is 0. The number of aliphatic hydroxyl groups excluding tert-OH is 2. The molecule has 0 spiro atoms. The Hall–Kier alpha value is -7.54. The topological polar surface area (TPSA) is 498 Å². The van der Waals surface area contributed by atoms with Crippen LogP contribution in [0.5, 0.6) is 0 Å². The number of carbonyl (C=O) groups excluding carboxylic acids is 10. The van der Waals surface area contributed by atoms with Crippen LogP contribution in [-0.4, -0.2) is 204 Å². The Kier molecular flexibility index (Phi) is 32.3. The summed E-state index contributed by atoms with van der Waals surface area (Å²) >= 11 is 0. The van der Waals surface area contributed by atoms with E-state index in [1.54, 1.807) is 55.4 Å². The van der Waals surface area contributed by atoms with Gasteiger partial charge < -0.3 is 89.1 Å². The van der Waals surface area contributed by atoms with E-state index in [2.05, 4.69) is 37.2 Å². The number of carboxylic acids is 4. The highest BCUT2D eigenvalue weighted by Crippen LogP contribution is 2.21. The smallest absolute Gasteiger partial charge is 0.326 e. The van der Waals surface area contributed by atoms with E-state index in [4.69, 9.17) is 15.9 Å². The van der Waals surface area contributed by atoms with Crippen molar-refractivity contribution in [1.29, 1.82) is 0 Å². The Morgan fingerprint density at radius 2 is 0.800 bits per heavy atom. The molecule has 0 radical (unpaired) electrons. The molecule has 85 heavy (non-hydrogen) atoms. The maximum atomic E-state index is 14.3. The summed E-state index contributed by atoms with van der Waals surface area (Å²) in [5.74, 6) is -17.9. The molecule has 1 aliphatic heterocycles. The SMILES string of the molecule is CC[C@H](C)[C@H](NC(=O)[C@H](C)NC(=O)[C@@H](NC(=O)[C@@H]1CCCN1C(=O)[C@@H](N)CCC(=O)O)[C@@H](C)CC)C(=O)N[C@H](C(=O)N[C@H](C(=O)N[C@H](C(=O)N[C@@H](CC(=O)O)C(=O)N[C@H](C(=O)N[C@@H](CCC(=O)O)C(=O)O)[C@@H](C)O)[C@@H](C)O)[C@@H](C)CC)[C@@H](C)CC. The van der Waals surface area contributed by atoms with Crippen LogP contribution < -0.4 is 53.6 Å². The summed E-state index contributed by atoms with van der Waals surface area (Å²) in [6.07, 6.45) is -4.55. The fourth-order valence-electron chi connectivity index (χ4n) is 8.85. The van der Waals surface area contributed by atoms with Crippen LogP contribution in [0.2, 0.25) is 0 Å². The summed E-state index contributed by atoms with van der Waals surface area (Å²) in [6.45, 7) is 17.1. The highest BCUT2D eigenvalue weighted by molar-refractivity contribution is 6.00. The molecule has 0 unspecified atom stereocenters. The van der Waals surface area contributed by atoms with E-state index in [0.717, 1.165) is 13.8 Å². The van der Waals surface area contributed by atoms with Crippen molar-refractivity contribution in [1.82, 2.24) is 52.8 Å². The molecule has 1 heterocycles. The number of likely N-dealkylation sites (tertiary alicyclic amines) is 1. The summed E-state index contributed by atoms with van der Waals surface area (Å²) in [6, 6.07) is -16.6. The van der Waals surface area contributed by atoms with E-state index in [-0.39, 0.29) is 32.2 Å². The molecule has 31 heteroatoms. The lowest BCUT2D eigenvalue weighted by atomic mass is 9.93. The van der Waals surface area contributed by atoms with Gasteiger partial charge in [0, 0.05) is 19.4 Å². The highest BCUT2D eigenvalue weighted by Gasteiger charge is 2.42. The Bertz CT molecular complexity index is 2380. The van der Waals surface area contributed by atoms with Crippen LogP contribution in [0.4, 0.5) is 0 Å². The summed E-state index contributed by atoms with van der Waals surface area (Å²) in [4.78, 5) is 185. The van der Waals surface area contributed by atoms with Crippen LogP contribution in [0.1, 0.15) is 147 Å². The maximum Gasteiger partial charge on any atom is 0.326 e. The number of carboxylic acid groups (broad SMARTS) is 4. The average Bonchev–Trinajstić information content (AvgIpc) is 4.22. The first-order valence-corrected chi connectivity index (χ1v) is 28.6. The molecular weight excluding hydrogens is 1120 g/mol. The molecule has 0 aromatic rings. The first-order valence-electron chi connectivity index (χ1n) is 28.6. The minimum Gasteiger partial charge on any atom is -0.481 e. The quantitative estimate of drug-likeness (QED) is 0.0292. The van der Waals surface area contributed by atoms with E-state index in [9.17, 15) is 87.5 Å². The largest absolute Gasteiger partial charge is 0.481 e. The van der Waals surface area contributed by atoms with Crippen LogP contribution in [0.25, 0.3) is 0 Å². The summed E-state index contributed by atoms with van der Waals surface area (Å²) < 4.78 is 0. The zero-order valence-corrected chi connectivity index (χ0v) is 50.2. The van der Waals surface area contributed by atoms with E-state index in [0.29, 0.717) is 25.7 Å². The Balaban J connectivity index is 3.38. The zero-order chi connectivity index (χ0) is 65.3. The molecular formula is C54H91N11O20. The second-order valence-corrected chi connectivity index (χ2v) is 21.9. The predicted molar refractivity (Wildman–Crippen MR) is 301 cm³/mol. The van der Waals surface area contributed by atoms with Crippen molar-refractivity contribution in [2.24, 2.45) is 29.4 Å². The molecule has 1 rings (SSSR count). The molecule has 0 aliphatic carbocycles. The number of aliphatic hydroxyl groups is 2. The van der Waals surface area contributed by atoms with Gasteiger partial charge in [0.25, 0.3) is 0 Å². The number of carbonyl (C=O) groups is 14. The maximum absolute atomic E-state index is 14.3. The third-order valence-corrected chi connectivity index (χ3v) is 15.1. The predicted octanol–water partition coefficient (Wildman–Crippen LogP) is -3.08. The first-order chi connectivity index (χ1) is 39.6. The number of amides is 10. The van der Waals surface area contributed by atoms with Gasteiger partial charge in [0.15, 0.2) is 0 Å². The number of aliphatic carboxylic acids is 4. The van der Waals surface area contributed by atoms with Crippen molar-refractivity contribution >= 4 is 82.9 Å². The molecule has 0 aromatic carbocycles. The standard InChI is InChI=1S/C54H91N11O20/c1-12-24(5)38(60-46(76)34-17-16-22-65(34)53(83)31(55)18-20-35(68)69)47(77)56-28(9)44(74)59-39(25(6)13-2)48(78)61-40(26(7)14-3)49(79)62-41(27(8)15-4)50(80)64-43(30(11)67)52(82)58-33(23-37(72)73)45(75)63-42(29(10)66)51(81)57-32(54(84)85)19-21-36(70)71/h24-34,38-43,66-67H,12-23,55H2,1-11H3,(H,56,77)(H,57,81)(H,58,82)(H,59,74)(H,60,76)(H,61,78)(H,62,79)(H,63,75)(H,64,80)(H,68,69)(H,70,71)(H,72,73)(H,84,85)/t24-,25-,26-,27-,28-,29+,30+,31-,32-,33-,34-,38-,39-,40-,41-,42-,43-/m0/s1. The Morgan fingerprint density at radius 1 is 0.447 bits per heavy atom. The number of hydrogen-bond donors (Lipinski definition) is 16. The van der Waals surface area contributed by atoms with Crippen LogP contribution in [-0.2, 0) is 67.1 Å². The summed E-state index contributed by atoms with van der Waals surface area (Å²) in [5, 5.41) is 79.9. The lowest BCUT2D eigenvalue weighted by molar-refractivity contribution is -0.145. The van der Waals surface area contributed by atoms with Gasteiger partial charge in [-0.15, -0.1) is 0 Å². The van der Waals surface area contributed by atoms with Gasteiger partial charge in [-0.1, -0.05) is 81.1 Å². The van der Waals surface area contributed by atoms with Crippen LogP contribution in [0, 0.1) is 23.7 Å². The zero-order valence-electron chi connectivity index (χ0n) is 50.2. The van der Waals surface area contributed by atoms with Gasteiger partial charge in [-0.25, -0.2) is 4.79 Å². The van der Waals surface area contributed by atoms with E-state index < -0.39 is 205 Å². The fraction of sp³-hybridized carbons (Fsp3) is 0.741. The second kappa shape index (κ2) is 36.3. The molecule has 1 fully saturated rings. The number of rotatable bonds is 38. The third-order valence-electron chi connectivity index (χ3n) is 15.1. The second-order valence-electron chi connectivity index (χ2n) is 21.9. The highest BCUT2D eigenvalue weighted by atomic mass is 16.4. The molecule has 0 bridgehead atoms. The first kappa shape index (κ1) is 75.5. The monoisotopic (exact) mass is 1210 g/mol. The lowest BCUT2D eigenvalue weighted by Gasteiger charge is -2.32. The van der Waals surface area contributed by atoms with Gasteiger partial charge in [-0.3, -0.25) is 62.3 Å². The van der Waals surface area contributed by atoms with E-state index >= 15 is 0 Å². The van der Waals surface area contributed by atoms with Crippen LogP contribution >= 0.6 is 0 Å². The van der Waals surface area contributed by atoms with Crippen molar-refractivity contribution in [3.05, 3.63) is 0 Å². The van der Waals surface area contributed by atoms with E-state index in [1.807, 2.05) is 10.6 Å². The molecule has 31 nitrogen and oxygen atoms in total. The molecule has 0 saturated carbocycles. The van der Waals surface area contributed by atoms with Crippen molar-refractivity contribution in [3.8, 4) is 0 Å². The van der Waals surface area contributed by atoms with Gasteiger partial charge in [0.1, 0.15) is 60.4 Å². The van der Waals surface area contributed by atoms with Gasteiger partial charge in [-0.2, -0.15) is 0 Å². The molecule has 17 N–H and O–H groups in total. The molecule has 1 aliphatic rings. The Labute approximate surface area is 493 Å². The molecule has 1 saturated heterocycles. The fourth-order valence-corrected chi connectivity index (χ4v) is 8.85. The minimum atomic E-state index is -2.07. The number of nitrogens with two attached hydrogens (primary N) is 1. The number of nitrogens with zero attached hydrogens (tertiary/aromatic N) is 1. The van der Waals surface area contributed by atoms with Crippen molar-refractivity contribution in [3.63, 3.8) is 0 Å². The van der Waals surface area contributed by atoms with Crippen molar-refractivity contribution < 1.29 is 97.8 Å². The van der Waals surface area contributed by atoms with Crippen LogP contribution in [0.15, 0.2) is 0 Å². The molecule has 0 aromatic heterocycles. The van der Waals surface area contributed by atoms with E-state index in [1.165, 1.54) is 11.8 Å². The molecule has 17 atom stereocenters. The van der Waals surface area contributed by atoms with Gasteiger partial charge in [-0.05, 0) is 70.1 Å². The lowest BCUT2D eigenvalue weighted by Crippen LogP contribution is -2.64. The van der Waals surface area contributed by atoms with Gasteiger partial charge >= 0.3 is 23.9 Å². The van der Waals surface area contributed by atoms with Crippen LogP contribution in [0.3, 0.4) is 0 Å². The van der Waals surface area contributed by atoms with Crippen molar-refractivity contribution in [2.75, 3.05) is 6.54 Å². The van der Waals surface area contributed by atoms with Gasteiger partial charge in [0.2, 0.25) is 59.1 Å². The third kappa shape index (κ3) is 24.2. The Morgan fingerprint density at radius 3 is 1.19 bits per heavy atom. The van der Waals surface area contributed by atoms with Gasteiger partial charge in [0.05, 0.1) is 24.7 Å². The molecule has 10 amide bonds. The molecule has 482 valence electrons. The summed E-state index contributed by atoms with van der Waals surface area (Å²) in [5.41, 5.74) is 5.97. The number of hydrogen-bond acceptors (Lipinski definition) is 17.